The van der Waals surface area contributed by atoms with E-state index >= 15 is 0 Å². The maximum absolute atomic E-state index is 11.7. The second kappa shape index (κ2) is 4.46. The number of H-pyrrole nitrogens is 1. The van der Waals surface area contributed by atoms with Gasteiger partial charge >= 0.3 is 5.69 Å². The largest absolute Gasteiger partial charge is 0.394 e. The van der Waals surface area contributed by atoms with Gasteiger partial charge in [-0.15, -0.1) is 0 Å². The minimum atomic E-state index is -1.07. The highest BCUT2D eigenvalue weighted by Crippen LogP contribution is 2.33. The smallest absolute Gasteiger partial charge is 0.330 e. The first-order chi connectivity index (χ1) is 8.35. The lowest BCUT2D eigenvalue weighted by Crippen LogP contribution is -2.40. The van der Waals surface area contributed by atoms with E-state index in [9.17, 15) is 14.7 Å². The van der Waals surface area contributed by atoms with Gasteiger partial charge in [0.25, 0.3) is 5.56 Å². The molecule has 1 aliphatic heterocycles. The lowest BCUT2D eigenvalue weighted by atomic mass is 10.1. The lowest BCUT2D eigenvalue weighted by Gasteiger charge is -2.20. The number of rotatable bonds is 2. The lowest BCUT2D eigenvalue weighted by molar-refractivity contribution is -0.0558. The van der Waals surface area contributed by atoms with Gasteiger partial charge in [-0.3, -0.25) is 14.3 Å². The number of aliphatic hydroxyl groups excluding tert-OH is 1. The Kier molecular flexibility index (Phi) is 3.28. The van der Waals surface area contributed by atoms with Crippen LogP contribution < -0.4 is 11.2 Å². The zero-order valence-electron chi connectivity index (χ0n) is 10.2. The van der Waals surface area contributed by atoms with Crippen molar-refractivity contribution in [2.75, 3.05) is 6.61 Å². The Morgan fingerprint density at radius 1 is 1.67 bits per heavy atom. The third-order valence-corrected chi connectivity index (χ3v) is 4.28. The Labute approximate surface area is 105 Å². The van der Waals surface area contributed by atoms with Crippen LogP contribution in [0.4, 0.5) is 0 Å². The molecule has 0 amide bonds. The standard InChI is InChI=1S/C10H16N2O5Si/c1-5-3-12(9(15)11-8(5)14)7-2-10(16,18)6(4-13)17-7/h3,6-7,13,16H,2,4H2,1,18H3,(H,11,14,15)/t6-,7-,10-/m1/s1. The minimum absolute atomic E-state index is 0.232. The summed E-state index contributed by atoms with van der Waals surface area (Å²) in [6, 6.07) is 0. The highest BCUT2D eigenvalue weighted by molar-refractivity contribution is 6.15. The molecule has 1 aromatic rings. The Morgan fingerprint density at radius 2 is 2.33 bits per heavy atom. The maximum Gasteiger partial charge on any atom is 0.330 e. The van der Waals surface area contributed by atoms with Crippen LogP contribution in [0.15, 0.2) is 15.8 Å². The molecule has 0 saturated carbocycles. The fourth-order valence-electron chi connectivity index (χ4n) is 2.07. The number of ether oxygens (including phenoxy) is 1. The normalized spacial score (nSPS) is 31.9. The third kappa shape index (κ3) is 2.19. The van der Waals surface area contributed by atoms with E-state index in [4.69, 9.17) is 9.84 Å². The SMILES string of the molecule is Cc1cn([C@H]2C[C@@](O)([SiH3])[C@@H](CO)O2)c(=O)[nH]c1=O. The molecule has 0 unspecified atom stereocenters. The van der Waals surface area contributed by atoms with Crippen molar-refractivity contribution in [3.8, 4) is 0 Å². The summed E-state index contributed by atoms with van der Waals surface area (Å²) < 4.78 is 6.71. The van der Waals surface area contributed by atoms with Gasteiger partial charge in [0, 0.05) is 28.4 Å². The van der Waals surface area contributed by atoms with Gasteiger partial charge in [0.05, 0.1) is 11.8 Å². The van der Waals surface area contributed by atoms with E-state index in [1.165, 1.54) is 10.8 Å². The van der Waals surface area contributed by atoms with Gasteiger partial charge in [-0.2, -0.15) is 0 Å². The van der Waals surface area contributed by atoms with E-state index in [-0.39, 0.29) is 13.0 Å². The number of nitrogens with one attached hydrogen (secondary N) is 1. The number of hydrogen-bond acceptors (Lipinski definition) is 5. The molecule has 1 fully saturated rings. The molecule has 1 aromatic heterocycles. The van der Waals surface area contributed by atoms with Crippen LogP contribution in [0.2, 0.25) is 0 Å². The maximum atomic E-state index is 11.7. The van der Waals surface area contributed by atoms with Gasteiger partial charge in [-0.05, 0) is 6.92 Å². The van der Waals surface area contributed by atoms with Crippen LogP contribution in [0.1, 0.15) is 18.2 Å². The topological polar surface area (TPSA) is 105 Å². The van der Waals surface area contributed by atoms with Gasteiger partial charge < -0.3 is 14.9 Å². The predicted octanol–water partition coefficient (Wildman–Crippen LogP) is -2.82. The zero-order valence-corrected chi connectivity index (χ0v) is 12.2. The predicted molar refractivity (Wildman–Crippen MR) is 66.6 cm³/mol. The molecule has 3 N–H and O–H groups in total. The van der Waals surface area contributed by atoms with Crippen LogP contribution in [-0.2, 0) is 4.74 Å². The van der Waals surface area contributed by atoms with Crippen LogP contribution >= 0.6 is 0 Å². The second-order valence-corrected chi connectivity index (χ2v) is 6.53. The average Bonchev–Trinajstić information content (AvgIpc) is 2.58. The quantitative estimate of drug-likeness (QED) is 0.504. The molecule has 7 nitrogen and oxygen atoms in total. The second-order valence-electron chi connectivity index (χ2n) is 4.80. The summed E-state index contributed by atoms with van der Waals surface area (Å²) in [5.41, 5.74) is -0.622. The van der Waals surface area contributed by atoms with Crippen LogP contribution in [0.3, 0.4) is 0 Å². The van der Waals surface area contributed by atoms with Crippen LogP contribution in [-0.4, -0.2) is 47.9 Å². The van der Waals surface area contributed by atoms with Crippen molar-refractivity contribution >= 4 is 10.2 Å². The number of aryl methyl sites for hydroxylation is 1. The Balaban J connectivity index is 2.38. The van der Waals surface area contributed by atoms with E-state index in [1.54, 1.807) is 6.92 Å². The summed E-state index contributed by atoms with van der Waals surface area (Å²) in [5.74, 6) is 0. The van der Waals surface area contributed by atoms with Gasteiger partial charge in [-0.1, -0.05) is 0 Å². The van der Waals surface area contributed by atoms with E-state index in [2.05, 4.69) is 4.98 Å². The molecule has 0 spiro atoms. The minimum Gasteiger partial charge on any atom is -0.394 e. The van der Waals surface area contributed by atoms with E-state index < -0.39 is 28.8 Å². The summed E-state index contributed by atoms with van der Waals surface area (Å²) in [6.07, 6.45) is 0.292. The van der Waals surface area contributed by atoms with Crippen molar-refractivity contribution in [3.05, 3.63) is 32.6 Å². The molecule has 1 saturated heterocycles. The summed E-state index contributed by atoms with van der Waals surface area (Å²) in [6.45, 7) is 1.29. The van der Waals surface area contributed by atoms with Crippen molar-refractivity contribution in [1.82, 2.24) is 9.55 Å². The van der Waals surface area contributed by atoms with Crippen LogP contribution in [0, 0.1) is 6.92 Å². The van der Waals surface area contributed by atoms with Gasteiger partial charge in [0.15, 0.2) is 0 Å². The zero-order chi connectivity index (χ0) is 13.5. The molecule has 100 valence electrons. The highest BCUT2D eigenvalue weighted by Gasteiger charge is 2.44. The molecule has 8 heteroatoms. The number of aromatic nitrogens is 2. The van der Waals surface area contributed by atoms with Gasteiger partial charge in [-0.25, -0.2) is 4.79 Å². The Bertz CT molecular complexity index is 564. The molecule has 0 bridgehead atoms. The molecular weight excluding hydrogens is 256 g/mol. The fraction of sp³-hybridized carbons (Fsp3) is 0.600. The van der Waals surface area contributed by atoms with Crippen molar-refractivity contribution in [2.24, 2.45) is 0 Å². The van der Waals surface area contributed by atoms with Gasteiger partial charge in [0.1, 0.15) is 12.3 Å². The van der Waals surface area contributed by atoms with E-state index in [0.717, 1.165) is 0 Å². The fourth-order valence-corrected chi connectivity index (χ4v) is 2.74. The number of aliphatic hydroxyl groups is 2. The molecule has 0 radical (unpaired) electrons. The molecule has 2 heterocycles. The molecular formula is C10H16N2O5Si. The molecule has 3 atom stereocenters. The van der Waals surface area contributed by atoms with Crippen molar-refractivity contribution in [1.29, 1.82) is 0 Å². The third-order valence-electron chi connectivity index (χ3n) is 3.22. The molecule has 0 aromatic carbocycles. The van der Waals surface area contributed by atoms with E-state index in [1.807, 2.05) is 0 Å². The molecule has 0 aliphatic carbocycles. The van der Waals surface area contributed by atoms with Crippen LogP contribution in [0.25, 0.3) is 0 Å². The molecule has 1 aliphatic rings. The highest BCUT2D eigenvalue weighted by atomic mass is 28.1. The first kappa shape index (κ1) is 13.2. The average molecular weight is 272 g/mol. The molecule has 18 heavy (non-hydrogen) atoms. The van der Waals surface area contributed by atoms with Gasteiger partial charge in [0.2, 0.25) is 0 Å². The van der Waals surface area contributed by atoms with Crippen molar-refractivity contribution in [2.45, 2.75) is 30.9 Å². The Hall–Kier alpha value is -1.22. The number of hydrogen-bond donors (Lipinski definition) is 3. The van der Waals surface area contributed by atoms with Crippen LogP contribution in [0.5, 0.6) is 0 Å². The monoisotopic (exact) mass is 272 g/mol. The molecule has 2 rings (SSSR count). The summed E-state index contributed by atoms with van der Waals surface area (Å²) in [4.78, 5) is 25.1. The number of nitrogens with zero attached hydrogens (tertiary/aromatic N) is 1. The summed E-state index contributed by atoms with van der Waals surface area (Å²) >= 11 is 0. The van der Waals surface area contributed by atoms with Crippen molar-refractivity contribution in [3.63, 3.8) is 0 Å². The summed E-state index contributed by atoms with van der Waals surface area (Å²) in [7, 11) is 0.422. The van der Waals surface area contributed by atoms with E-state index in [0.29, 0.717) is 15.8 Å². The number of aromatic amines is 1. The summed E-state index contributed by atoms with van der Waals surface area (Å²) in [5, 5.41) is 18.1. The van der Waals surface area contributed by atoms with Crippen molar-refractivity contribution < 1.29 is 14.9 Å². The first-order valence-corrected chi connectivity index (χ1v) is 6.66. The first-order valence-electron chi connectivity index (χ1n) is 5.66. The Morgan fingerprint density at radius 3 is 2.89 bits per heavy atom.